The molecule has 0 fully saturated rings. The molecule has 1 aromatic rings. The first-order chi connectivity index (χ1) is 7.95. The van der Waals surface area contributed by atoms with Crippen molar-refractivity contribution in [3.8, 4) is 0 Å². The summed E-state index contributed by atoms with van der Waals surface area (Å²) in [5.41, 5.74) is 0.364. The van der Waals surface area contributed by atoms with E-state index >= 15 is 0 Å². The van der Waals surface area contributed by atoms with Crippen LogP contribution in [0.3, 0.4) is 0 Å². The van der Waals surface area contributed by atoms with Gasteiger partial charge in [0.05, 0.1) is 13.0 Å². The van der Waals surface area contributed by atoms with Crippen LogP contribution in [-0.4, -0.2) is 25.5 Å². The number of carbonyl (C=O) groups excluding carboxylic acids is 1. The van der Waals surface area contributed by atoms with Gasteiger partial charge in [-0.25, -0.2) is 0 Å². The van der Waals surface area contributed by atoms with Crippen LogP contribution in [0.1, 0.15) is 24.2 Å². The van der Waals surface area contributed by atoms with Gasteiger partial charge in [0.2, 0.25) is 0 Å². The second-order valence-corrected chi connectivity index (χ2v) is 5.02. The van der Waals surface area contributed by atoms with Gasteiger partial charge in [-0.15, -0.1) is 0 Å². The lowest BCUT2D eigenvalue weighted by atomic mass is 10.1. The highest BCUT2D eigenvalue weighted by Gasteiger charge is 2.28. The second-order valence-electron chi connectivity index (χ2n) is 3.42. The van der Waals surface area contributed by atoms with Crippen molar-refractivity contribution in [1.82, 2.24) is 0 Å². The molecule has 0 saturated heterocycles. The highest BCUT2D eigenvalue weighted by molar-refractivity contribution is 7.86. The van der Waals surface area contributed by atoms with E-state index in [2.05, 4.69) is 4.74 Å². The number of ether oxygens (including phenoxy) is 1. The van der Waals surface area contributed by atoms with Crippen molar-refractivity contribution in [1.29, 1.82) is 0 Å². The topological polar surface area (TPSA) is 80.7 Å². The molecule has 0 bridgehead atoms. The van der Waals surface area contributed by atoms with Crippen molar-refractivity contribution < 1.29 is 22.5 Å². The summed E-state index contributed by atoms with van der Waals surface area (Å²) in [5, 5.41) is -1.28. The minimum atomic E-state index is -4.33. The third-order valence-electron chi connectivity index (χ3n) is 2.19. The fraction of sp³-hybridized carbons (Fsp3) is 0.364. The van der Waals surface area contributed by atoms with Crippen LogP contribution in [0, 0.1) is 0 Å². The van der Waals surface area contributed by atoms with Crippen LogP contribution in [0.2, 0.25) is 0 Å². The van der Waals surface area contributed by atoms with E-state index in [9.17, 15) is 13.2 Å². The molecule has 1 N–H and O–H groups in total. The maximum absolute atomic E-state index is 11.3. The summed E-state index contributed by atoms with van der Waals surface area (Å²) in [5.74, 6) is -0.654. The van der Waals surface area contributed by atoms with Gasteiger partial charge >= 0.3 is 5.97 Å². The van der Waals surface area contributed by atoms with Crippen molar-refractivity contribution in [3.05, 3.63) is 35.9 Å². The zero-order valence-corrected chi connectivity index (χ0v) is 10.2. The molecule has 1 aromatic carbocycles. The van der Waals surface area contributed by atoms with Crippen molar-refractivity contribution in [3.63, 3.8) is 0 Å². The molecule has 0 spiro atoms. The minimum Gasteiger partial charge on any atom is -0.466 e. The van der Waals surface area contributed by atoms with Crippen LogP contribution in [0.5, 0.6) is 0 Å². The quantitative estimate of drug-likeness (QED) is 0.640. The van der Waals surface area contributed by atoms with Gasteiger partial charge in [0.1, 0.15) is 5.25 Å². The molecule has 0 saturated carbocycles. The highest BCUT2D eigenvalue weighted by Crippen LogP contribution is 2.25. The Morgan fingerprint density at radius 2 is 1.94 bits per heavy atom. The smallest absolute Gasteiger partial charge is 0.307 e. The monoisotopic (exact) mass is 258 g/mol. The second kappa shape index (κ2) is 5.79. The maximum atomic E-state index is 11.3. The number of rotatable bonds is 5. The lowest BCUT2D eigenvalue weighted by Gasteiger charge is -2.13. The van der Waals surface area contributed by atoms with Gasteiger partial charge in [-0.1, -0.05) is 30.3 Å². The summed E-state index contributed by atoms with van der Waals surface area (Å²) in [7, 11) is -4.33. The largest absolute Gasteiger partial charge is 0.466 e. The van der Waals surface area contributed by atoms with Gasteiger partial charge in [0.25, 0.3) is 10.1 Å². The van der Waals surface area contributed by atoms with E-state index in [-0.39, 0.29) is 6.61 Å². The van der Waals surface area contributed by atoms with Crippen LogP contribution in [0.4, 0.5) is 0 Å². The third-order valence-corrected chi connectivity index (χ3v) is 3.35. The summed E-state index contributed by atoms with van der Waals surface area (Å²) in [6, 6.07) is 8.07. The van der Waals surface area contributed by atoms with Gasteiger partial charge in [0, 0.05) is 0 Å². The number of esters is 1. The van der Waals surface area contributed by atoms with E-state index in [4.69, 9.17) is 4.55 Å². The standard InChI is InChI=1S/C11H14O5S/c1-2-16-11(12)8-10(17(13,14)15)9-6-4-3-5-7-9/h3-7,10H,2,8H2,1H3,(H,13,14,15). The van der Waals surface area contributed by atoms with Gasteiger partial charge in [-0.05, 0) is 12.5 Å². The fourth-order valence-corrected chi connectivity index (χ4v) is 2.28. The Balaban J connectivity index is 2.95. The molecule has 0 aliphatic carbocycles. The molecular weight excluding hydrogens is 244 g/mol. The highest BCUT2D eigenvalue weighted by atomic mass is 32.2. The van der Waals surface area contributed by atoms with Crippen molar-refractivity contribution >= 4 is 16.1 Å². The molecule has 17 heavy (non-hydrogen) atoms. The molecule has 1 unspecified atom stereocenters. The van der Waals surface area contributed by atoms with E-state index < -0.39 is 27.8 Å². The normalized spacial score (nSPS) is 13.1. The Morgan fingerprint density at radius 3 is 2.41 bits per heavy atom. The molecule has 5 nitrogen and oxygen atoms in total. The van der Waals surface area contributed by atoms with Gasteiger partial charge in [-0.2, -0.15) is 8.42 Å². The molecule has 0 aliphatic heterocycles. The predicted octanol–water partition coefficient (Wildman–Crippen LogP) is 1.57. The minimum absolute atomic E-state index is 0.172. The Kier molecular flexibility index (Phi) is 4.65. The molecule has 0 aliphatic rings. The first-order valence-electron chi connectivity index (χ1n) is 5.12. The van der Waals surface area contributed by atoms with E-state index in [0.717, 1.165) is 0 Å². The number of carbonyl (C=O) groups is 1. The average molecular weight is 258 g/mol. The zero-order chi connectivity index (χ0) is 12.9. The molecule has 0 heterocycles. The lowest BCUT2D eigenvalue weighted by molar-refractivity contribution is -0.143. The Bertz CT molecular complexity index is 466. The molecule has 1 rings (SSSR count). The third kappa shape index (κ3) is 4.16. The van der Waals surface area contributed by atoms with Crippen LogP contribution >= 0.6 is 0 Å². The maximum Gasteiger partial charge on any atom is 0.307 e. The summed E-state index contributed by atoms with van der Waals surface area (Å²) < 4.78 is 36.2. The zero-order valence-electron chi connectivity index (χ0n) is 9.37. The van der Waals surface area contributed by atoms with E-state index in [1.807, 2.05) is 0 Å². The van der Waals surface area contributed by atoms with Gasteiger partial charge in [0.15, 0.2) is 0 Å². The van der Waals surface area contributed by atoms with Crippen LogP contribution in [0.15, 0.2) is 30.3 Å². The summed E-state index contributed by atoms with van der Waals surface area (Å²) in [4.78, 5) is 11.3. The number of hydrogen-bond acceptors (Lipinski definition) is 4. The SMILES string of the molecule is CCOC(=O)CC(c1ccccc1)S(=O)(=O)O. The van der Waals surface area contributed by atoms with E-state index in [1.54, 1.807) is 25.1 Å². The summed E-state index contributed by atoms with van der Waals surface area (Å²) >= 11 is 0. The van der Waals surface area contributed by atoms with Crippen molar-refractivity contribution in [2.75, 3.05) is 6.61 Å². The predicted molar refractivity (Wildman–Crippen MR) is 62.0 cm³/mol. The molecule has 0 radical (unpaired) electrons. The number of benzene rings is 1. The Morgan fingerprint density at radius 1 is 1.35 bits per heavy atom. The van der Waals surface area contributed by atoms with Crippen molar-refractivity contribution in [2.45, 2.75) is 18.6 Å². The summed E-state index contributed by atoms with van der Waals surface area (Å²) in [6.07, 6.45) is -0.392. The van der Waals surface area contributed by atoms with Crippen LogP contribution in [-0.2, 0) is 19.6 Å². The Labute approximate surface area is 100 Å². The average Bonchev–Trinajstić information content (AvgIpc) is 2.26. The van der Waals surface area contributed by atoms with Crippen LogP contribution in [0.25, 0.3) is 0 Å². The van der Waals surface area contributed by atoms with Gasteiger partial charge < -0.3 is 4.74 Å². The molecule has 0 amide bonds. The first-order valence-corrected chi connectivity index (χ1v) is 6.62. The van der Waals surface area contributed by atoms with E-state index in [1.165, 1.54) is 12.1 Å². The fourth-order valence-electron chi connectivity index (χ4n) is 1.43. The first kappa shape index (κ1) is 13.7. The summed E-state index contributed by atoms with van der Waals surface area (Å²) in [6.45, 7) is 1.80. The molecule has 6 heteroatoms. The molecule has 94 valence electrons. The van der Waals surface area contributed by atoms with Crippen molar-refractivity contribution in [2.24, 2.45) is 0 Å². The lowest BCUT2D eigenvalue weighted by Crippen LogP contribution is -2.18. The molecular formula is C11H14O5S. The van der Waals surface area contributed by atoms with Crippen LogP contribution < -0.4 is 0 Å². The molecule has 0 aromatic heterocycles. The van der Waals surface area contributed by atoms with E-state index in [0.29, 0.717) is 5.56 Å². The van der Waals surface area contributed by atoms with Gasteiger partial charge in [-0.3, -0.25) is 9.35 Å². The molecule has 1 atom stereocenters. The Hall–Kier alpha value is -1.40. The number of hydrogen-bond donors (Lipinski definition) is 1.